The van der Waals surface area contributed by atoms with Gasteiger partial charge in [-0.1, -0.05) is 24.2 Å². The summed E-state index contributed by atoms with van der Waals surface area (Å²) in [4.78, 5) is 4.28. The van der Waals surface area contributed by atoms with E-state index in [0.717, 1.165) is 0 Å². The predicted octanol–water partition coefficient (Wildman–Crippen LogP) is 2.98. The monoisotopic (exact) mass is 229 g/mol. The minimum absolute atomic E-state index is 0.0610. The first-order valence-electron chi connectivity index (χ1n) is 9.01. The molecule has 2 heterocycles. The summed E-state index contributed by atoms with van der Waals surface area (Å²) in [6, 6.07) is -2.69. The Kier molecular flexibility index (Phi) is 0.710. The van der Waals surface area contributed by atoms with E-state index in [2.05, 4.69) is 4.98 Å². The zero-order chi connectivity index (χ0) is 18.4. The second-order valence-electron chi connectivity index (χ2n) is 3.70. The maximum atomic E-state index is 8.21. The molecule has 0 amide bonds. The highest BCUT2D eigenvalue weighted by molar-refractivity contribution is 5.90. The first-order valence-corrected chi connectivity index (χ1v) is 5.01. The van der Waals surface area contributed by atoms with Crippen LogP contribution in [-0.2, 0) is 7.05 Å². The van der Waals surface area contributed by atoms with Crippen molar-refractivity contribution < 1.29 is 11.0 Å². The van der Waals surface area contributed by atoms with E-state index in [0.29, 0.717) is 0 Å². The standard InChI is InChI=1S/C14H11N3/c1-16-12-8-4-5-9-13(12)17-11-7-3-2-6-10(11)15-14(16)17/h2-9H,1H3/i2D,3D,4D,5D,6D,7D,8D,9D. The summed E-state index contributed by atoms with van der Waals surface area (Å²) in [5.74, 6) is 0.226. The zero-order valence-corrected chi connectivity index (χ0v) is 8.84. The fraction of sp³-hybridized carbons (Fsp3) is 0.0714. The van der Waals surface area contributed by atoms with Gasteiger partial charge in [-0.2, -0.15) is 0 Å². The van der Waals surface area contributed by atoms with Crippen LogP contribution in [0.5, 0.6) is 0 Å². The van der Waals surface area contributed by atoms with Crippen molar-refractivity contribution >= 4 is 27.8 Å². The molecule has 2 aromatic carbocycles. The largest absolute Gasteiger partial charge is 0.313 e. The average Bonchev–Trinajstić information content (AvgIpc) is 3.10. The van der Waals surface area contributed by atoms with Crippen LogP contribution in [0.2, 0.25) is 0 Å². The Balaban J connectivity index is 2.44. The molecule has 4 rings (SSSR count). The number of fused-ring (bicyclic) bond motifs is 5. The second kappa shape index (κ2) is 2.88. The number of rotatable bonds is 0. The third-order valence-corrected chi connectivity index (χ3v) is 2.79. The number of benzene rings is 2. The molecular weight excluding hydrogens is 210 g/mol. The third-order valence-electron chi connectivity index (χ3n) is 2.79. The molecule has 0 unspecified atom stereocenters. The number of aryl methyl sites for hydroxylation is 1. The molecular formula is C14H11N3. The Morgan fingerprint density at radius 1 is 0.941 bits per heavy atom. The van der Waals surface area contributed by atoms with E-state index in [1.165, 1.54) is 8.97 Å². The normalized spacial score (nSPS) is 18.4. The fourth-order valence-electron chi connectivity index (χ4n) is 2.03. The molecule has 0 saturated carbocycles. The lowest BCUT2D eigenvalue weighted by Gasteiger charge is -1.94. The molecule has 0 aliphatic carbocycles. The van der Waals surface area contributed by atoms with Gasteiger partial charge in [0.15, 0.2) is 0 Å². The smallest absolute Gasteiger partial charge is 0.215 e. The molecule has 0 aliphatic heterocycles. The van der Waals surface area contributed by atoms with Crippen LogP contribution < -0.4 is 0 Å². The average molecular weight is 229 g/mol. The molecule has 4 aromatic rings. The number of imidazole rings is 2. The fourth-order valence-corrected chi connectivity index (χ4v) is 2.03. The topological polar surface area (TPSA) is 22.2 Å². The van der Waals surface area contributed by atoms with Crippen LogP contribution >= 0.6 is 0 Å². The van der Waals surface area contributed by atoms with Gasteiger partial charge in [-0.25, -0.2) is 4.98 Å². The Hall–Kier alpha value is -2.29. The maximum absolute atomic E-state index is 8.21. The second-order valence-corrected chi connectivity index (χ2v) is 3.70. The van der Waals surface area contributed by atoms with E-state index < -0.39 is 18.1 Å². The molecule has 3 nitrogen and oxygen atoms in total. The van der Waals surface area contributed by atoms with Crippen LogP contribution in [0.1, 0.15) is 11.0 Å². The van der Waals surface area contributed by atoms with E-state index in [-0.39, 0.29) is 58.1 Å². The third kappa shape index (κ3) is 0.984. The van der Waals surface area contributed by atoms with Gasteiger partial charge in [0.05, 0.1) is 33.0 Å². The van der Waals surface area contributed by atoms with Crippen LogP contribution in [0, 0.1) is 0 Å². The molecule has 0 fully saturated rings. The molecule has 0 saturated heterocycles. The van der Waals surface area contributed by atoms with Crippen LogP contribution in [0.25, 0.3) is 27.8 Å². The first-order chi connectivity index (χ1) is 11.7. The van der Waals surface area contributed by atoms with Crippen molar-refractivity contribution in [2.75, 3.05) is 0 Å². The van der Waals surface area contributed by atoms with E-state index in [1.807, 2.05) is 0 Å². The highest BCUT2D eigenvalue weighted by atomic mass is 15.2. The summed E-state index contributed by atoms with van der Waals surface area (Å²) >= 11 is 0. The van der Waals surface area contributed by atoms with Crippen molar-refractivity contribution in [2.24, 2.45) is 7.05 Å². The van der Waals surface area contributed by atoms with Gasteiger partial charge in [0.1, 0.15) is 0 Å². The highest BCUT2D eigenvalue weighted by Gasteiger charge is 2.12. The lowest BCUT2D eigenvalue weighted by Crippen LogP contribution is -1.87. The SMILES string of the molecule is [2H]c1c([2H])c([2H])c2c(nc3n(C)c4c([2H])c([2H])c([2H])c([2H])c4n23)c1[2H]. The minimum atomic E-state index is -0.419. The molecule has 0 bridgehead atoms. The Morgan fingerprint density at radius 3 is 2.41 bits per heavy atom. The maximum Gasteiger partial charge on any atom is 0.215 e. The van der Waals surface area contributed by atoms with Crippen LogP contribution in [-0.4, -0.2) is 14.0 Å². The molecule has 3 heteroatoms. The van der Waals surface area contributed by atoms with Gasteiger partial charge >= 0.3 is 0 Å². The highest BCUT2D eigenvalue weighted by Crippen LogP contribution is 2.24. The van der Waals surface area contributed by atoms with Gasteiger partial charge in [0.25, 0.3) is 0 Å². The minimum Gasteiger partial charge on any atom is -0.313 e. The lowest BCUT2D eigenvalue weighted by molar-refractivity contribution is 0.973. The van der Waals surface area contributed by atoms with E-state index >= 15 is 0 Å². The molecule has 0 N–H and O–H groups in total. The van der Waals surface area contributed by atoms with Gasteiger partial charge in [-0.15, -0.1) is 0 Å². The van der Waals surface area contributed by atoms with Crippen molar-refractivity contribution in [3.05, 3.63) is 48.3 Å². The van der Waals surface area contributed by atoms with Gasteiger partial charge < -0.3 is 4.57 Å². The number of nitrogens with zero attached hydrogens (tertiary/aromatic N) is 3. The molecule has 2 aromatic heterocycles. The number of aromatic nitrogens is 3. The Bertz CT molecular complexity index is 1240. The van der Waals surface area contributed by atoms with Crippen molar-refractivity contribution in [3.8, 4) is 0 Å². The molecule has 82 valence electrons. The van der Waals surface area contributed by atoms with E-state index in [1.54, 1.807) is 7.05 Å². The molecule has 0 atom stereocenters. The molecule has 17 heavy (non-hydrogen) atoms. The summed E-state index contributed by atoms with van der Waals surface area (Å²) in [5.41, 5.74) is 0.515. The van der Waals surface area contributed by atoms with Crippen molar-refractivity contribution in [2.45, 2.75) is 0 Å². The zero-order valence-electron chi connectivity index (χ0n) is 16.8. The summed E-state index contributed by atoms with van der Waals surface area (Å²) in [5, 5.41) is 0. The van der Waals surface area contributed by atoms with Gasteiger partial charge in [-0.05, 0) is 24.2 Å². The van der Waals surface area contributed by atoms with Crippen molar-refractivity contribution in [1.29, 1.82) is 0 Å². The van der Waals surface area contributed by atoms with Gasteiger partial charge in [0.2, 0.25) is 5.78 Å². The van der Waals surface area contributed by atoms with Crippen molar-refractivity contribution in [3.63, 3.8) is 0 Å². The number of hydrogen-bond donors (Lipinski definition) is 0. The van der Waals surface area contributed by atoms with E-state index in [9.17, 15) is 0 Å². The lowest BCUT2D eigenvalue weighted by atomic mass is 10.3. The Morgan fingerprint density at radius 2 is 1.59 bits per heavy atom. The summed E-state index contributed by atoms with van der Waals surface area (Å²) in [6.45, 7) is 0. The van der Waals surface area contributed by atoms with Crippen LogP contribution in [0.3, 0.4) is 0 Å². The van der Waals surface area contributed by atoms with Crippen LogP contribution in [0.4, 0.5) is 0 Å². The van der Waals surface area contributed by atoms with Crippen LogP contribution in [0.15, 0.2) is 48.3 Å². The quantitative estimate of drug-likeness (QED) is 0.454. The number of para-hydroxylation sites is 4. The summed E-state index contributed by atoms with van der Waals surface area (Å²) in [7, 11) is 1.58. The number of hydrogen-bond acceptors (Lipinski definition) is 1. The predicted molar refractivity (Wildman–Crippen MR) is 69.2 cm³/mol. The first kappa shape index (κ1) is 4.18. The van der Waals surface area contributed by atoms with Gasteiger partial charge in [-0.3, -0.25) is 4.40 Å². The summed E-state index contributed by atoms with van der Waals surface area (Å²) < 4.78 is 66.7. The Labute approximate surface area is 109 Å². The van der Waals surface area contributed by atoms with E-state index in [4.69, 9.17) is 11.0 Å². The summed E-state index contributed by atoms with van der Waals surface area (Å²) in [6.07, 6.45) is 0. The van der Waals surface area contributed by atoms with Crippen molar-refractivity contribution in [1.82, 2.24) is 14.0 Å². The van der Waals surface area contributed by atoms with Gasteiger partial charge in [0, 0.05) is 7.05 Å². The molecule has 0 radical (unpaired) electrons. The molecule has 0 aliphatic rings. The molecule has 0 spiro atoms.